The number of nitrogen functional groups attached to an aromatic ring is 1. The molecule has 4 N–H and O–H groups in total. The van der Waals surface area contributed by atoms with Crippen LogP contribution in [0.25, 0.3) is 0 Å². The Morgan fingerprint density at radius 3 is 2.78 bits per heavy atom. The largest absolute Gasteiger partial charge is 0.395 e. The Bertz CT molecular complexity index is 607. The molecule has 0 atom stereocenters. The molecule has 6 nitrogen and oxygen atoms in total. The van der Waals surface area contributed by atoms with Crippen molar-refractivity contribution in [2.24, 2.45) is 0 Å². The van der Waals surface area contributed by atoms with E-state index in [1.54, 1.807) is 13.1 Å². The molecule has 0 radical (unpaired) electrons. The zero-order chi connectivity index (χ0) is 13.3. The van der Waals surface area contributed by atoms with Gasteiger partial charge in [-0.25, -0.2) is 4.98 Å². The van der Waals surface area contributed by atoms with Crippen LogP contribution in [-0.4, -0.2) is 21.1 Å². The van der Waals surface area contributed by atoms with E-state index in [2.05, 4.69) is 36.4 Å². The summed E-state index contributed by atoms with van der Waals surface area (Å²) in [4.78, 5) is 16.1. The van der Waals surface area contributed by atoms with E-state index in [9.17, 15) is 4.79 Å². The predicted molar refractivity (Wildman–Crippen MR) is 72.4 cm³/mol. The summed E-state index contributed by atoms with van der Waals surface area (Å²) in [6.45, 7) is 3.61. The molecular weight excluding hydrogens is 298 g/mol. The number of rotatable bonds is 2. The van der Waals surface area contributed by atoms with E-state index in [1.807, 2.05) is 13.0 Å². The second-order valence-corrected chi connectivity index (χ2v) is 4.80. The van der Waals surface area contributed by atoms with Gasteiger partial charge in [0.2, 0.25) is 0 Å². The summed E-state index contributed by atoms with van der Waals surface area (Å²) in [5.74, 6) is 0.109. The van der Waals surface area contributed by atoms with Gasteiger partial charge in [0.1, 0.15) is 5.82 Å². The van der Waals surface area contributed by atoms with Gasteiger partial charge in [0.05, 0.1) is 11.4 Å². The number of hydrogen-bond donors (Lipinski definition) is 3. The molecule has 0 bridgehead atoms. The highest BCUT2D eigenvalue weighted by atomic mass is 79.9. The fourth-order valence-corrected chi connectivity index (χ4v) is 1.89. The molecule has 0 unspecified atom stereocenters. The highest BCUT2D eigenvalue weighted by Crippen LogP contribution is 2.19. The Hall–Kier alpha value is -1.89. The number of carbonyl (C=O) groups is 1. The minimum Gasteiger partial charge on any atom is -0.395 e. The molecule has 0 aliphatic heterocycles. The van der Waals surface area contributed by atoms with Crippen LogP contribution in [0.4, 0.5) is 11.5 Å². The molecular formula is C11H12BrN5O. The highest BCUT2D eigenvalue weighted by molar-refractivity contribution is 9.10. The normalized spacial score (nSPS) is 10.4. The number of nitrogens with two attached hydrogens (primary N) is 1. The highest BCUT2D eigenvalue weighted by Gasteiger charge is 2.16. The van der Waals surface area contributed by atoms with Gasteiger partial charge >= 0.3 is 0 Å². The van der Waals surface area contributed by atoms with E-state index in [0.717, 1.165) is 10.0 Å². The number of pyridine rings is 1. The molecule has 1 amide bonds. The monoisotopic (exact) mass is 309 g/mol. The van der Waals surface area contributed by atoms with Gasteiger partial charge in [-0.05, 0) is 41.4 Å². The first-order valence-corrected chi connectivity index (χ1v) is 6.02. The van der Waals surface area contributed by atoms with Crippen LogP contribution in [0.3, 0.4) is 0 Å². The smallest absolute Gasteiger partial charge is 0.279 e. The van der Waals surface area contributed by atoms with Crippen molar-refractivity contribution in [3.8, 4) is 0 Å². The number of nitrogens with zero attached hydrogens (tertiary/aromatic N) is 2. The average Bonchev–Trinajstić information content (AvgIpc) is 2.64. The van der Waals surface area contributed by atoms with Crippen molar-refractivity contribution in [2.45, 2.75) is 13.8 Å². The first-order valence-electron chi connectivity index (χ1n) is 5.23. The Morgan fingerprint density at radius 1 is 1.50 bits per heavy atom. The number of aromatic amines is 1. The first-order chi connectivity index (χ1) is 8.49. The average molecular weight is 310 g/mol. The zero-order valence-corrected chi connectivity index (χ0v) is 11.5. The third-order valence-corrected chi connectivity index (χ3v) is 2.92. The van der Waals surface area contributed by atoms with E-state index < -0.39 is 0 Å². The molecule has 0 spiro atoms. The van der Waals surface area contributed by atoms with E-state index in [0.29, 0.717) is 17.2 Å². The summed E-state index contributed by atoms with van der Waals surface area (Å²) >= 11 is 3.31. The van der Waals surface area contributed by atoms with Crippen molar-refractivity contribution in [1.82, 2.24) is 15.2 Å². The molecule has 18 heavy (non-hydrogen) atoms. The molecule has 94 valence electrons. The summed E-state index contributed by atoms with van der Waals surface area (Å²) in [6.07, 6.45) is 1.61. The number of nitrogens with one attached hydrogen (secondary N) is 2. The quantitative estimate of drug-likeness (QED) is 0.790. The van der Waals surface area contributed by atoms with Crippen molar-refractivity contribution in [1.29, 1.82) is 0 Å². The lowest BCUT2D eigenvalue weighted by Gasteiger charge is -2.06. The number of H-pyrrole nitrogens is 1. The molecule has 2 aromatic rings. The van der Waals surface area contributed by atoms with Gasteiger partial charge in [-0.2, -0.15) is 5.10 Å². The summed E-state index contributed by atoms with van der Waals surface area (Å²) in [6, 6.07) is 1.86. The molecule has 2 rings (SSSR count). The number of aromatic nitrogens is 3. The molecule has 0 fully saturated rings. The molecule has 0 aromatic carbocycles. The van der Waals surface area contributed by atoms with Crippen LogP contribution in [-0.2, 0) is 0 Å². The number of aryl methyl sites for hydroxylation is 2. The van der Waals surface area contributed by atoms with Gasteiger partial charge in [0, 0.05) is 10.7 Å². The number of amides is 1. The van der Waals surface area contributed by atoms with Crippen LogP contribution in [0.15, 0.2) is 16.7 Å². The van der Waals surface area contributed by atoms with Gasteiger partial charge in [-0.15, -0.1) is 0 Å². The number of hydrogen-bond acceptors (Lipinski definition) is 4. The molecule has 0 aliphatic carbocycles. The zero-order valence-electron chi connectivity index (χ0n) is 9.91. The molecule has 2 heterocycles. The second kappa shape index (κ2) is 4.77. The number of carbonyl (C=O) groups excluding carboxylic acids is 1. The third-order valence-electron chi connectivity index (χ3n) is 2.49. The fraction of sp³-hybridized carbons (Fsp3) is 0.182. The first kappa shape index (κ1) is 12.6. The van der Waals surface area contributed by atoms with E-state index in [4.69, 9.17) is 5.73 Å². The molecule has 2 aromatic heterocycles. The lowest BCUT2D eigenvalue weighted by molar-refractivity contribution is 0.102. The summed E-state index contributed by atoms with van der Waals surface area (Å²) in [5, 5.41) is 9.20. The summed E-state index contributed by atoms with van der Waals surface area (Å²) in [7, 11) is 0. The van der Waals surface area contributed by atoms with Gasteiger partial charge in [-0.1, -0.05) is 0 Å². The Balaban J connectivity index is 2.24. The van der Waals surface area contributed by atoms with Gasteiger partial charge < -0.3 is 11.1 Å². The molecule has 0 saturated carbocycles. The Morgan fingerprint density at radius 2 is 2.22 bits per heavy atom. The van der Waals surface area contributed by atoms with E-state index in [-0.39, 0.29) is 11.6 Å². The van der Waals surface area contributed by atoms with Crippen LogP contribution in [0.1, 0.15) is 21.7 Å². The van der Waals surface area contributed by atoms with Crippen LogP contribution in [0.2, 0.25) is 0 Å². The van der Waals surface area contributed by atoms with Crippen LogP contribution >= 0.6 is 15.9 Å². The number of anilines is 2. The van der Waals surface area contributed by atoms with Gasteiger partial charge in [0.25, 0.3) is 5.91 Å². The van der Waals surface area contributed by atoms with Crippen molar-refractivity contribution in [2.75, 3.05) is 11.1 Å². The SMILES string of the molecule is Cc1cc(Br)cnc1NC(=O)c1n[nH]c(C)c1N. The standard InChI is InChI=1S/C11H12BrN5O/c1-5-3-7(12)4-14-10(5)15-11(18)9-8(13)6(2)16-17-9/h3-4H,13H2,1-2H3,(H,16,17)(H,14,15,18). The second-order valence-electron chi connectivity index (χ2n) is 3.88. The van der Waals surface area contributed by atoms with Crippen LogP contribution in [0.5, 0.6) is 0 Å². The minimum absolute atomic E-state index is 0.177. The third kappa shape index (κ3) is 2.35. The lowest BCUT2D eigenvalue weighted by Crippen LogP contribution is -2.16. The fourth-order valence-electron chi connectivity index (χ4n) is 1.45. The maximum atomic E-state index is 12.0. The molecule has 0 aliphatic rings. The topological polar surface area (TPSA) is 96.7 Å². The van der Waals surface area contributed by atoms with Crippen molar-refractivity contribution >= 4 is 33.3 Å². The van der Waals surface area contributed by atoms with Crippen molar-refractivity contribution in [3.63, 3.8) is 0 Å². The van der Waals surface area contributed by atoms with E-state index >= 15 is 0 Å². The number of halogens is 1. The van der Waals surface area contributed by atoms with Gasteiger partial charge in [-0.3, -0.25) is 9.89 Å². The van der Waals surface area contributed by atoms with Gasteiger partial charge in [0.15, 0.2) is 5.69 Å². The van der Waals surface area contributed by atoms with Crippen molar-refractivity contribution in [3.05, 3.63) is 33.7 Å². The lowest BCUT2D eigenvalue weighted by atomic mass is 10.2. The van der Waals surface area contributed by atoms with E-state index in [1.165, 1.54) is 0 Å². The van der Waals surface area contributed by atoms with Crippen LogP contribution < -0.4 is 11.1 Å². The molecule has 0 saturated heterocycles. The maximum Gasteiger partial charge on any atom is 0.279 e. The minimum atomic E-state index is -0.380. The Kier molecular flexibility index (Phi) is 3.33. The predicted octanol–water partition coefficient (Wildman–Crippen LogP) is 2.02. The summed E-state index contributed by atoms with van der Waals surface area (Å²) in [5.41, 5.74) is 7.78. The Labute approximate surface area is 112 Å². The summed E-state index contributed by atoms with van der Waals surface area (Å²) < 4.78 is 0.855. The van der Waals surface area contributed by atoms with Crippen LogP contribution in [0, 0.1) is 13.8 Å². The molecule has 7 heteroatoms. The van der Waals surface area contributed by atoms with Crippen molar-refractivity contribution < 1.29 is 4.79 Å². The maximum absolute atomic E-state index is 12.0.